The van der Waals surface area contributed by atoms with Gasteiger partial charge < -0.3 is 9.84 Å². The summed E-state index contributed by atoms with van der Waals surface area (Å²) in [5.41, 5.74) is 0. The highest BCUT2D eigenvalue weighted by atomic mass is 16.5. The molecule has 0 aromatic carbocycles. The third-order valence-electron chi connectivity index (χ3n) is 3.62. The van der Waals surface area contributed by atoms with Crippen molar-refractivity contribution in [3.8, 4) is 0 Å². The lowest BCUT2D eigenvalue weighted by atomic mass is 10.1. The van der Waals surface area contributed by atoms with E-state index in [0.29, 0.717) is 6.42 Å². The molecule has 0 aromatic heterocycles. The Hall–Kier alpha value is -1.09. The van der Waals surface area contributed by atoms with Crippen molar-refractivity contribution in [1.29, 1.82) is 0 Å². The Bertz CT molecular complexity index is 308. The van der Waals surface area contributed by atoms with Gasteiger partial charge >= 0.3 is 5.97 Å². The smallest absolute Gasteiger partial charge is 0.305 e. The maximum absolute atomic E-state index is 10.9. The molecule has 0 saturated carbocycles. The first-order valence-electron chi connectivity index (χ1n) is 8.75. The number of aliphatic hydroxyl groups excluding tert-OH is 1. The highest BCUT2D eigenvalue weighted by molar-refractivity contribution is 5.68. The minimum Gasteiger partial charge on any atom is -0.469 e. The first-order valence-corrected chi connectivity index (χ1v) is 8.75. The fraction of sp³-hybridized carbons (Fsp3) is 0.737. The molecule has 1 N–H and O–H groups in total. The van der Waals surface area contributed by atoms with Gasteiger partial charge in [0.25, 0.3) is 0 Å². The number of carbonyl (C=O) groups excluding carboxylic acids is 1. The first kappa shape index (κ1) is 20.9. The fourth-order valence-electron chi connectivity index (χ4n) is 2.23. The Morgan fingerprint density at radius 2 is 1.68 bits per heavy atom. The van der Waals surface area contributed by atoms with E-state index in [-0.39, 0.29) is 12.1 Å². The molecule has 0 rings (SSSR count). The second-order valence-corrected chi connectivity index (χ2v) is 5.70. The van der Waals surface area contributed by atoms with Gasteiger partial charge in [-0.25, -0.2) is 0 Å². The Labute approximate surface area is 136 Å². The molecule has 22 heavy (non-hydrogen) atoms. The highest BCUT2D eigenvalue weighted by Gasteiger charge is 2.00. The SMILES string of the molecule is CC/C=C\CCC(O)C/C=C\CCCCCCCC(=O)OC. The molecule has 0 aliphatic rings. The molecule has 0 amide bonds. The van der Waals surface area contributed by atoms with Crippen LogP contribution in [-0.4, -0.2) is 24.3 Å². The lowest BCUT2D eigenvalue weighted by Gasteiger charge is -2.05. The van der Waals surface area contributed by atoms with E-state index in [0.717, 1.165) is 44.9 Å². The van der Waals surface area contributed by atoms with Gasteiger partial charge in [-0.05, 0) is 44.9 Å². The summed E-state index contributed by atoms with van der Waals surface area (Å²) in [6, 6.07) is 0. The van der Waals surface area contributed by atoms with Crippen molar-refractivity contribution in [2.75, 3.05) is 7.11 Å². The van der Waals surface area contributed by atoms with E-state index in [4.69, 9.17) is 0 Å². The summed E-state index contributed by atoms with van der Waals surface area (Å²) in [5.74, 6) is -0.105. The molecule has 0 saturated heterocycles. The summed E-state index contributed by atoms with van der Waals surface area (Å²) in [6.07, 6.45) is 19.2. The Morgan fingerprint density at radius 1 is 1.00 bits per heavy atom. The highest BCUT2D eigenvalue weighted by Crippen LogP contribution is 2.09. The molecule has 1 atom stereocenters. The lowest BCUT2D eigenvalue weighted by molar-refractivity contribution is -0.140. The molecule has 3 heteroatoms. The minimum absolute atomic E-state index is 0.105. The summed E-state index contributed by atoms with van der Waals surface area (Å²) in [7, 11) is 1.44. The van der Waals surface area contributed by atoms with Crippen LogP contribution in [0.5, 0.6) is 0 Å². The second-order valence-electron chi connectivity index (χ2n) is 5.70. The molecule has 1 unspecified atom stereocenters. The monoisotopic (exact) mass is 310 g/mol. The summed E-state index contributed by atoms with van der Waals surface area (Å²) in [4.78, 5) is 10.9. The predicted octanol–water partition coefficient (Wildman–Crippen LogP) is 4.94. The molecule has 0 aliphatic heterocycles. The van der Waals surface area contributed by atoms with E-state index in [1.165, 1.54) is 26.4 Å². The minimum atomic E-state index is -0.212. The number of carbonyl (C=O) groups is 1. The van der Waals surface area contributed by atoms with Gasteiger partial charge in [0.05, 0.1) is 13.2 Å². The van der Waals surface area contributed by atoms with Gasteiger partial charge in [-0.15, -0.1) is 0 Å². The molecular weight excluding hydrogens is 276 g/mol. The van der Waals surface area contributed by atoms with Crippen LogP contribution < -0.4 is 0 Å². The van der Waals surface area contributed by atoms with E-state index in [2.05, 4.69) is 36.0 Å². The van der Waals surface area contributed by atoms with E-state index in [9.17, 15) is 9.90 Å². The van der Waals surface area contributed by atoms with Crippen LogP contribution in [0.4, 0.5) is 0 Å². The zero-order chi connectivity index (χ0) is 16.5. The number of aliphatic hydroxyl groups is 1. The maximum atomic E-state index is 10.9. The van der Waals surface area contributed by atoms with Crippen molar-refractivity contribution in [1.82, 2.24) is 0 Å². The summed E-state index contributed by atoms with van der Waals surface area (Å²) < 4.78 is 4.61. The molecule has 0 aromatic rings. The average Bonchev–Trinajstić information content (AvgIpc) is 2.53. The van der Waals surface area contributed by atoms with Crippen molar-refractivity contribution in [2.24, 2.45) is 0 Å². The quantitative estimate of drug-likeness (QED) is 0.281. The molecule has 0 bridgehead atoms. The Kier molecular flexibility index (Phi) is 15.5. The molecular formula is C19H34O3. The van der Waals surface area contributed by atoms with Gasteiger partial charge in [-0.1, -0.05) is 50.5 Å². The van der Waals surface area contributed by atoms with E-state index in [1.807, 2.05) is 0 Å². The van der Waals surface area contributed by atoms with E-state index >= 15 is 0 Å². The number of unbranched alkanes of at least 4 members (excludes halogenated alkanes) is 5. The van der Waals surface area contributed by atoms with Gasteiger partial charge in [-0.3, -0.25) is 4.79 Å². The Balaban J connectivity index is 3.33. The van der Waals surface area contributed by atoms with Crippen LogP contribution in [0.3, 0.4) is 0 Å². The number of allylic oxidation sites excluding steroid dienone is 3. The van der Waals surface area contributed by atoms with Crippen molar-refractivity contribution in [2.45, 2.75) is 83.7 Å². The van der Waals surface area contributed by atoms with Crippen LogP contribution in [-0.2, 0) is 9.53 Å². The number of rotatable bonds is 14. The molecule has 128 valence electrons. The van der Waals surface area contributed by atoms with Gasteiger partial charge in [0.15, 0.2) is 0 Å². The first-order chi connectivity index (χ1) is 10.7. The largest absolute Gasteiger partial charge is 0.469 e. The molecule has 0 heterocycles. The van der Waals surface area contributed by atoms with Crippen LogP contribution in [0.1, 0.15) is 77.6 Å². The van der Waals surface area contributed by atoms with Gasteiger partial charge in [0.2, 0.25) is 0 Å². The van der Waals surface area contributed by atoms with Gasteiger partial charge in [0.1, 0.15) is 0 Å². The van der Waals surface area contributed by atoms with Gasteiger partial charge in [-0.2, -0.15) is 0 Å². The van der Waals surface area contributed by atoms with Crippen LogP contribution in [0.2, 0.25) is 0 Å². The topological polar surface area (TPSA) is 46.5 Å². The molecule has 0 fully saturated rings. The fourth-order valence-corrected chi connectivity index (χ4v) is 2.23. The standard InChI is InChI=1S/C19H34O3/c1-3-4-5-12-15-18(20)16-13-10-8-6-7-9-11-14-17-19(21)22-2/h4-5,10,13,18,20H,3,6-9,11-12,14-17H2,1-2H3/b5-4-,13-10-. The van der Waals surface area contributed by atoms with Crippen LogP contribution in [0, 0.1) is 0 Å². The number of esters is 1. The van der Waals surface area contributed by atoms with E-state index < -0.39 is 0 Å². The van der Waals surface area contributed by atoms with Gasteiger partial charge in [0, 0.05) is 6.42 Å². The second kappa shape index (κ2) is 16.3. The maximum Gasteiger partial charge on any atom is 0.305 e. The predicted molar refractivity (Wildman–Crippen MR) is 92.8 cm³/mol. The third-order valence-corrected chi connectivity index (χ3v) is 3.62. The molecule has 3 nitrogen and oxygen atoms in total. The third kappa shape index (κ3) is 15.3. The van der Waals surface area contributed by atoms with Crippen molar-refractivity contribution in [3.05, 3.63) is 24.3 Å². The molecule has 0 radical (unpaired) electrons. The normalized spacial score (nSPS) is 13.0. The van der Waals surface area contributed by atoms with Crippen LogP contribution >= 0.6 is 0 Å². The zero-order valence-electron chi connectivity index (χ0n) is 14.4. The number of methoxy groups -OCH3 is 1. The average molecular weight is 310 g/mol. The lowest BCUT2D eigenvalue weighted by Crippen LogP contribution is -2.03. The van der Waals surface area contributed by atoms with Crippen molar-refractivity contribution in [3.63, 3.8) is 0 Å². The molecule has 0 aliphatic carbocycles. The number of hydrogen-bond donors (Lipinski definition) is 1. The summed E-state index contributed by atoms with van der Waals surface area (Å²) in [5, 5.41) is 9.79. The Morgan fingerprint density at radius 3 is 2.41 bits per heavy atom. The summed E-state index contributed by atoms with van der Waals surface area (Å²) >= 11 is 0. The number of hydrogen-bond acceptors (Lipinski definition) is 3. The van der Waals surface area contributed by atoms with Crippen LogP contribution in [0.15, 0.2) is 24.3 Å². The van der Waals surface area contributed by atoms with Crippen molar-refractivity contribution < 1.29 is 14.6 Å². The van der Waals surface area contributed by atoms with Crippen molar-refractivity contribution >= 4 is 5.97 Å². The van der Waals surface area contributed by atoms with E-state index in [1.54, 1.807) is 0 Å². The van der Waals surface area contributed by atoms with Crippen LogP contribution in [0.25, 0.3) is 0 Å². The zero-order valence-corrected chi connectivity index (χ0v) is 14.4. The summed E-state index contributed by atoms with van der Waals surface area (Å²) in [6.45, 7) is 2.12. The molecule has 0 spiro atoms. The number of ether oxygens (including phenoxy) is 1.